The molecule has 6 heteroatoms. The molecular formula is C17H15ClF2N2O. The van der Waals surface area contributed by atoms with E-state index in [2.05, 4.69) is 0 Å². The molecule has 0 unspecified atom stereocenters. The van der Waals surface area contributed by atoms with Crippen molar-refractivity contribution in [3.8, 4) is 0 Å². The van der Waals surface area contributed by atoms with Gasteiger partial charge in [-0.15, -0.1) is 0 Å². The highest BCUT2D eigenvalue weighted by Gasteiger charge is 2.22. The van der Waals surface area contributed by atoms with Crippen LogP contribution in [0.3, 0.4) is 0 Å². The lowest BCUT2D eigenvalue weighted by molar-refractivity contribution is 0.0747. The molecule has 1 heterocycles. The van der Waals surface area contributed by atoms with Gasteiger partial charge in [-0.25, -0.2) is 8.78 Å². The molecule has 2 aromatic rings. The van der Waals surface area contributed by atoms with Crippen LogP contribution in [0.4, 0.5) is 14.5 Å². The number of carbonyl (C=O) groups is 1. The van der Waals surface area contributed by atoms with E-state index in [1.54, 1.807) is 35.2 Å². The molecule has 120 valence electrons. The third-order valence-electron chi connectivity index (χ3n) is 3.93. The van der Waals surface area contributed by atoms with E-state index < -0.39 is 11.6 Å². The summed E-state index contributed by atoms with van der Waals surface area (Å²) >= 11 is 5.82. The van der Waals surface area contributed by atoms with Crippen LogP contribution in [0.5, 0.6) is 0 Å². The number of carbonyl (C=O) groups excluding carboxylic acids is 1. The van der Waals surface area contributed by atoms with Gasteiger partial charge in [0.15, 0.2) is 11.6 Å². The minimum absolute atomic E-state index is 0.0494. The number of rotatable bonds is 2. The summed E-state index contributed by atoms with van der Waals surface area (Å²) in [4.78, 5) is 16.1. The fraction of sp³-hybridized carbons (Fsp3) is 0.235. The van der Waals surface area contributed by atoms with Crippen molar-refractivity contribution in [3.63, 3.8) is 0 Å². The average molecular weight is 337 g/mol. The molecule has 0 spiro atoms. The van der Waals surface area contributed by atoms with E-state index in [9.17, 15) is 13.6 Å². The number of halogens is 3. The lowest BCUT2D eigenvalue weighted by atomic mass is 10.1. The van der Waals surface area contributed by atoms with Gasteiger partial charge in [-0.05, 0) is 36.4 Å². The smallest absolute Gasteiger partial charge is 0.253 e. The Morgan fingerprint density at radius 1 is 0.913 bits per heavy atom. The first-order valence-corrected chi connectivity index (χ1v) is 7.67. The van der Waals surface area contributed by atoms with Crippen LogP contribution in [0, 0.1) is 11.6 Å². The number of anilines is 1. The summed E-state index contributed by atoms with van der Waals surface area (Å²) in [5.41, 5.74) is 1.22. The number of piperazine rings is 1. The second kappa shape index (κ2) is 6.54. The number of hydrogen-bond donors (Lipinski definition) is 0. The SMILES string of the molecule is O=C(c1ccc(Cl)cc1)N1CCN(c2ccc(F)c(F)c2)CC1. The molecule has 23 heavy (non-hydrogen) atoms. The van der Waals surface area contributed by atoms with E-state index in [0.717, 1.165) is 6.07 Å². The van der Waals surface area contributed by atoms with Crippen molar-refractivity contribution in [2.45, 2.75) is 0 Å². The van der Waals surface area contributed by atoms with Crippen LogP contribution in [0.1, 0.15) is 10.4 Å². The van der Waals surface area contributed by atoms with Gasteiger partial charge < -0.3 is 9.80 Å². The van der Waals surface area contributed by atoms with Crippen LogP contribution >= 0.6 is 11.6 Å². The molecule has 0 atom stereocenters. The molecule has 3 rings (SSSR count). The highest BCUT2D eigenvalue weighted by Crippen LogP contribution is 2.20. The molecular weight excluding hydrogens is 322 g/mol. The molecule has 1 fully saturated rings. The molecule has 0 radical (unpaired) electrons. The fourth-order valence-corrected chi connectivity index (χ4v) is 2.75. The summed E-state index contributed by atoms with van der Waals surface area (Å²) in [5.74, 6) is -1.76. The molecule has 1 aliphatic heterocycles. The average Bonchev–Trinajstić information content (AvgIpc) is 2.57. The minimum Gasteiger partial charge on any atom is -0.368 e. The maximum absolute atomic E-state index is 13.3. The first-order chi connectivity index (χ1) is 11.0. The maximum atomic E-state index is 13.3. The summed E-state index contributed by atoms with van der Waals surface area (Å²) in [7, 11) is 0. The van der Waals surface area contributed by atoms with Gasteiger partial charge in [-0.3, -0.25) is 4.79 Å². The summed E-state index contributed by atoms with van der Waals surface area (Å²) in [5, 5.41) is 0.588. The highest BCUT2D eigenvalue weighted by molar-refractivity contribution is 6.30. The Bertz CT molecular complexity index is 713. The molecule has 1 amide bonds. The van der Waals surface area contributed by atoms with Crippen molar-refractivity contribution < 1.29 is 13.6 Å². The first kappa shape index (κ1) is 15.7. The molecule has 1 aliphatic rings. The summed E-state index contributed by atoms with van der Waals surface area (Å²) in [6, 6.07) is 10.6. The van der Waals surface area contributed by atoms with Crippen LogP contribution in [0.25, 0.3) is 0 Å². The minimum atomic E-state index is -0.859. The van der Waals surface area contributed by atoms with Gasteiger partial charge in [0.1, 0.15) is 0 Å². The summed E-state index contributed by atoms with van der Waals surface area (Å²) in [6.45, 7) is 2.20. The third-order valence-corrected chi connectivity index (χ3v) is 4.18. The van der Waals surface area contributed by atoms with E-state index in [0.29, 0.717) is 42.5 Å². The second-order valence-electron chi connectivity index (χ2n) is 5.38. The summed E-state index contributed by atoms with van der Waals surface area (Å²) in [6.07, 6.45) is 0. The van der Waals surface area contributed by atoms with Gasteiger partial charge in [-0.2, -0.15) is 0 Å². The van der Waals surface area contributed by atoms with Crippen molar-refractivity contribution in [1.29, 1.82) is 0 Å². The lowest BCUT2D eigenvalue weighted by Crippen LogP contribution is -2.48. The lowest BCUT2D eigenvalue weighted by Gasteiger charge is -2.36. The number of amides is 1. The van der Waals surface area contributed by atoms with E-state index in [1.807, 2.05) is 4.90 Å². The van der Waals surface area contributed by atoms with Gasteiger partial charge in [0.2, 0.25) is 0 Å². The molecule has 0 aliphatic carbocycles. The molecule has 0 N–H and O–H groups in total. The van der Waals surface area contributed by atoms with Gasteiger partial charge >= 0.3 is 0 Å². The maximum Gasteiger partial charge on any atom is 0.253 e. The quantitative estimate of drug-likeness (QED) is 0.837. The van der Waals surface area contributed by atoms with E-state index in [4.69, 9.17) is 11.6 Å². The molecule has 2 aromatic carbocycles. The molecule has 1 saturated heterocycles. The largest absolute Gasteiger partial charge is 0.368 e. The Balaban J connectivity index is 1.64. The van der Waals surface area contributed by atoms with Crippen molar-refractivity contribution in [2.75, 3.05) is 31.1 Å². The molecule has 0 aromatic heterocycles. The van der Waals surface area contributed by atoms with Gasteiger partial charge in [0, 0.05) is 48.5 Å². The highest BCUT2D eigenvalue weighted by atomic mass is 35.5. The van der Waals surface area contributed by atoms with E-state index >= 15 is 0 Å². The van der Waals surface area contributed by atoms with Crippen LogP contribution in [-0.4, -0.2) is 37.0 Å². The monoisotopic (exact) mass is 336 g/mol. The third kappa shape index (κ3) is 3.45. The van der Waals surface area contributed by atoms with Crippen molar-refractivity contribution >= 4 is 23.2 Å². The van der Waals surface area contributed by atoms with Crippen LogP contribution in [-0.2, 0) is 0 Å². The van der Waals surface area contributed by atoms with Crippen molar-refractivity contribution in [3.05, 3.63) is 64.7 Å². The Hall–Kier alpha value is -2.14. The van der Waals surface area contributed by atoms with E-state index in [-0.39, 0.29) is 5.91 Å². The van der Waals surface area contributed by atoms with Crippen LogP contribution < -0.4 is 4.90 Å². The topological polar surface area (TPSA) is 23.6 Å². The zero-order valence-corrected chi connectivity index (χ0v) is 13.1. The standard InChI is InChI=1S/C17H15ClF2N2O/c18-13-3-1-12(2-4-13)17(23)22-9-7-21(8-10-22)14-5-6-15(19)16(20)11-14/h1-6,11H,7-10H2. The molecule has 0 saturated carbocycles. The number of nitrogens with zero attached hydrogens (tertiary/aromatic N) is 2. The van der Waals surface area contributed by atoms with Crippen molar-refractivity contribution in [2.24, 2.45) is 0 Å². The van der Waals surface area contributed by atoms with Gasteiger partial charge in [0.05, 0.1) is 0 Å². The zero-order valence-electron chi connectivity index (χ0n) is 12.3. The predicted molar refractivity (Wildman–Crippen MR) is 85.9 cm³/mol. The summed E-state index contributed by atoms with van der Waals surface area (Å²) < 4.78 is 26.3. The Kier molecular flexibility index (Phi) is 4.48. The van der Waals surface area contributed by atoms with Crippen molar-refractivity contribution in [1.82, 2.24) is 4.90 Å². The number of benzene rings is 2. The van der Waals surface area contributed by atoms with Gasteiger partial charge in [-0.1, -0.05) is 11.6 Å². The fourth-order valence-electron chi connectivity index (χ4n) is 2.62. The van der Waals surface area contributed by atoms with Gasteiger partial charge in [0.25, 0.3) is 5.91 Å². The van der Waals surface area contributed by atoms with E-state index in [1.165, 1.54) is 6.07 Å². The molecule has 0 bridgehead atoms. The molecule has 3 nitrogen and oxygen atoms in total. The first-order valence-electron chi connectivity index (χ1n) is 7.29. The predicted octanol–water partition coefficient (Wildman–Crippen LogP) is 3.58. The number of hydrogen-bond acceptors (Lipinski definition) is 2. The Labute approximate surface area is 138 Å². The van der Waals surface area contributed by atoms with Crippen LogP contribution in [0.15, 0.2) is 42.5 Å². The Morgan fingerprint density at radius 3 is 2.17 bits per heavy atom. The van der Waals surface area contributed by atoms with Crippen LogP contribution in [0.2, 0.25) is 5.02 Å². The normalized spacial score (nSPS) is 14.9. The second-order valence-corrected chi connectivity index (χ2v) is 5.82. The Morgan fingerprint density at radius 2 is 1.57 bits per heavy atom. The zero-order chi connectivity index (χ0) is 16.4.